The van der Waals surface area contributed by atoms with Crippen molar-refractivity contribution < 1.29 is 0 Å². The highest BCUT2D eigenvalue weighted by atomic mass is 15.1. The van der Waals surface area contributed by atoms with Crippen LogP contribution >= 0.6 is 0 Å². The SMILES string of the molecule is c1ccc(-c2cccc(N(c3ccc(-c4c(-n5c6ccccc6c6ccccc65)ccc5ccccc45)cc3)c3ccc4c5ccccc5n(-c5ccccc5)c4c3)c2)cc1. The van der Waals surface area contributed by atoms with Gasteiger partial charge in [-0.25, -0.2) is 0 Å². The number of nitrogens with zero attached hydrogens (tertiary/aromatic N) is 3. The van der Waals surface area contributed by atoms with E-state index in [2.05, 4.69) is 251 Å². The lowest BCUT2D eigenvalue weighted by Gasteiger charge is -2.27. The van der Waals surface area contributed by atoms with Crippen molar-refractivity contribution in [2.45, 2.75) is 0 Å². The summed E-state index contributed by atoms with van der Waals surface area (Å²) in [6, 6.07) is 86.0. The first kappa shape index (κ1) is 34.9. The fraction of sp³-hybridized carbons (Fsp3) is 0. The third kappa shape index (κ3) is 5.74. The van der Waals surface area contributed by atoms with Crippen LogP contribution in [0.4, 0.5) is 17.1 Å². The number of para-hydroxylation sites is 4. The van der Waals surface area contributed by atoms with Gasteiger partial charge < -0.3 is 14.0 Å². The predicted octanol–water partition coefficient (Wildman–Crippen LogP) is 15.8. The fourth-order valence-electron chi connectivity index (χ4n) is 9.56. The molecular weight excluding hydrogens is 739 g/mol. The third-order valence-electron chi connectivity index (χ3n) is 12.3. The summed E-state index contributed by atoms with van der Waals surface area (Å²) in [6.07, 6.45) is 0. The van der Waals surface area contributed by atoms with Crippen molar-refractivity contribution in [3.8, 4) is 33.6 Å². The smallest absolute Gasteiger partial charge is 0.0561 e. The second-order valence-electron chi connectivity index (χ2n) is 15.7. The molecule has 0 bridgehead atoms. The van der Waals surface area contributed by atoms with E-state index in [1.165, 1.54) is 65.6 Å². The standard InChI is InChI=1S/C58H39N3/c1-3-16-40(17-4-1)43-19-15-22-46(38-43)59(47-35-36-52-51-26-9-12-27-53(51)60(57(52)39-47)44-20-5-2-6-21-44)45-33-30-42(31-34-45)58-48-23-8-7-18-41(48)32-37-56(58)61-54-28-13-10-24-49(54)50-25-11-14-29-55(50)61/h1-39H. The van der Waals surface area contributed by atoms with Crippen LogP contribution in [-0.2, 0) is 0 Å². The van der Waals surface area contributed by atoms with Crippen LogP contribution in [0.2, 0.25) is 0 Å². The van der Waals surface area contributed by atoms with Gasteiger partial charge in [0, 0.05) is 49.9 Å². The molecule has 0 amide bonds. The Hall–Kier alpha value is -8.14. The molecule has 0 spiro atoms. The maximum absolute atomic E-state index is 2.45. The molecule has 12 rings (SSSR count). The molecule has 0 aliphatic rings. The minimum absolute atomic E-state index is 1.08. The van der Waals surface area contributed by atoms with Gasteiger partial charge in [-0.15, -0.1) is 0 Å². The molecule has 2 heterocycles. The summed E-state index contributed by atoms with van der Waals surface area (Å²) in [4.78, 5) is 2.40. The molecule has 0 aliphatic heterocycles. The topological polar surface area (TPSA) is 13.1 Å². The number of hydrogen-bond acceptors (Lipinski definition) is 1. The Morgan fingerprint density at radius 2 is 0.803 bits per heavy atom. The van der Waals surface area contributed by atoms with E-state index in [0.29, 0.717) is 0 Å². The van der Waals surface area contributed by atoms with Crippen molar-refractivity contribution in [3.05, 3.63) is 237 Å². The summed E-state index contributed by atoms with van der Waals surface area (Å²) in [6.45, 7) is 0. The van der Waals surface area contributed by atoms with E-state index < -0.39 is 0 Å². The number of rotatable bonds is 7. The molecule has 0 saturated carbocycles. The second-order valence-corrected chi connectivity index (χ2v) is 15.7. The quantitative estimate of drug-likeness (QED) is 0.157. The van der Waals surface area contributed by atoms with Crippen molar-refractivity contribution in [3.63, 3.8) is 0 Å². The highest BCUT2D eigenvalue weighted by Gasteiger charge is 2.21. The molecule has 0 unspecified atom stereocenters. The van der Waals surface area contributed by atoms with Crippen LogP contribution in [0.1, 0.15) is 0 Å². The van der Waals surface area contributed by atoms with E-state index in [1.54, 1.807) is 0 Å². The first-order valence-corrected chi connectivity index (χ1v) is 20.9. The molecule has 286 valence electrons. The number of benzene rings is 10. The molecule has 61 heavy (non-hydrogen) atoms. The van der Waals surface area contributed by atoms with Gasteiger partial charge in [0.05, 0.1) is 27.8 Å². The zero-order chi connectivity index (χ0) is 40.3. The van der Waals surface area contributed by atoms with E-state index in [-0.39, 0.29) is 0 Å². The lowest BCUT2D eigenvalue weighted by Crippen LogP contribution is -2.10. The predicted molar refractivity (Wildman–Crippen MR) is 258 cm³/mol. The number of hydrogen-bond donors (Lipinski definition) is 0. The minimum Gasteiger partial charge on any atom is -0.310 e. The zero-order valence-electron chi connectivity index (χ0n) is 33.4. The van der Waals surface area contributed by atoms with Crippen LogP contribution < -0.4 is 4.90 Å². The lowest BCUT2D eigenvalue weighted by molar-refractivity contribution is 1.18. The molecule has 12 aromatic rings. The average molecular weight is 778 g/mol. The maximum atomic E-state index is 2.45. The van der Waals surface area contributed by atoms with Crippen molar-refractivity contribution in [1.82, 2.24) is 9.13 Å². The van der Waals surface area contributed by atoms with Gasteiger partial charge in [-0.2, -0.15) is 0 Å². The van der Waals surface area contributed by atoms with Crippen LogP contribution in [0.25, 0.3) is 88.0 Å². The van der Waals surface area contributed by atoms with Crippen LogP contribution in [0.5, 0.6) is 0 Å². The van der Waals surface area contributed by atoms with Gasteiger partial charge in [-0.05, 0) is 100 Å². The summed E-state index contributed by atoms with van der Waals surface area (Å²) in [5, 5.41) is 7.41. The minimum atomic E-state index is 1.08. The molecule has 3 heteroatoms. The first-order chi connectivity index (χ1) is 30.3. The Morgan fingerprint density at radius 1 is 0.279 bits per heavy atom. The highest BCUT2D eigenvalue weighted by Crippen LogP contribution is 2.44. The molecule has 3 nitrogen and oxygen atoms in total. The van der Waals surface area contributed by atoms with Gasteiger partial charge in [-0.3, -0.25) is 0 Å². The average Bonchev–Trinajstić information content (AvgIpc) is 3.85. The fourth-order valence-corrected chi connectivity index (χ4v) is 9.56. The third-order valence-corrected chi connectivity index (χ3v) is 12.3. The van der Waals surface area contributed by atoms with E-state index in [4.69, 9.17) is 0 Å². The van der Waals surface area contributed by atoms with E-state index >= 15 is 0 Å². The van der Waals surface area contributed by atoms with Crippen molar-refractivity contribution in [1.29, 1.82) is 0 Å². The van der Waals surface area contributed by atoms with Crippen LogP contribution in [0, 0.1) is 0 Å². The number of aromatic nitrogens is 2. The van der Waals surface area contributed by atoms with Gasteiger partial charge in [0.1, 0.15) is 0 Å². The summed E-state index contributed by atoms with van der Waals surface area (Å²) < 4.78 is 4.84. The van der Waals surface area contributed by atoms with Gasteiger partial charge >= 0.3 is 0 Å². The van der Waals surface area contributed by atoms with E-state index in [1.807, 2.05) is 0 Å². The van der Waals surface area contributed by atoms with Crippen LogP contribution in [0.15, 0.2) is 237 Å². The van der Waals surface area contributed by atoms with Gasteiger partial charge in [0.2, 0.25) is 0 Å². The molecular formula is C58H39N3. The van der Waals surface area contributed by atoms with Gasteiger partial charge in [-0.1, -0.05) is 164 Å². The summed E-state index contributed by atoms with van der Waals surface area (Å²) in [5.74, 6) is 0. The Kier molecular flexibility index (Phi) is 8.17. The molecule has 0 fully saturated rings. The van der Waals surface area contributed by atoms with Crippen molar-refractivity contribution in [2.75, 3.05) is 4.90 Å². The molecule has 0 radical (unpaired) electrons. The monoisotopic (exact) mass is 777 g/mol. The Bertz CT molecular complexity index is 3530. The number of anilines is 3. The molecule has 0 N–H and O–H groups in total. The van der Waals surface area contributed by atoms with Crippen molar-refractivity contribution in [2.24, 2.45) is 0 Å². The molecule has 0 aliphatic carbocycles. The first-order valence-electron chi connectivity index (χ1n) is 20.9. The Morgan fingerprint density at radius 3 is 1.49 bits per heavy atom. The normalized spacial score (nSPS) is 11.6. The Labute approximate surface area is 354 Å². The number of fused-ring (bicyclic) bond motifs is 7. The summed E-state index contributed by atoms with van der Waals surface area (Å²) in [5.41, 5.74) is 15.0. The summed E-state index contributed by atoms with van der Waals surface area (Å²) >= 11 is 0. The molecule has 0 atom stereocenters. The Balaban J connectivity index is 1.07. The largest absolute Gasteiger partial charge is 0.310 e. The van der Waals surface area contributed by atoms with Crippen LogP contribution in [-0.4, -0.2) is 9.13 Å². The van der Waals surface area contributed by atoms with Crippen molar-refractivity contribution >= 4 is 71.4 Å². The van der Waals surface area contributed by atoms with E-state index in [9.17, 15) is 0 Å². The zero-order valence-corrected chi connectivity index (χ0v) is 33.4. The molecule has 0 saturated heterocycles. The molecule has 10 aromatic carbocycles. The highest BCUT2D eigenvalue weighted by molar-refractivity contribution is 6.12. The van der Waals surface area contributed by atoms with Gasteiger partial charge in [0.25, 0.3) is 0 Å². The summed E-state index contributed by atoms with van der Waals surface area (Å²) in [7, 11) is 0. The second kappa shape index (κ2) is 14.3. The maximum Gasteiger partial charge on any atom is 0.0561 e. The van der Waals surface area contributed by atoms with E-state index in [0.717, 1.165) is 39.5 Å². The molecule has 2 aromatic heterocycles. The van der Waals surface area contributed by atoms with Crippen LogP contribution in [0.3, 0.4) is 0 Å². The lowest BCUT2D eigenvalue weighted by atomic mass is 9.95. The van der Waals surface area contributed by atoms with Gasteiger partial charge in [0.15, 0.2) is 0 Å².